The van der Waals surface area contributed by atoms with Gasteiger partial charge in [0.2, 0.25) is 5.91 Å². The molecule has 3 amide bonds. The molecule has 130 valence electrons. The van der Waals surface area contributed by atoms with E-state index in [1.165, 1.54) is 0 Å². The lowest BCUT2D eigenvalue weighted by molar-refractivity contribution is -0.136. The standard InChI is InChI=1S/C17H29N3O3/c1-13-4-9-19(10-5-13)16(21)15-3-2-8-20(15)17(22)18-14-6-11-23-12-7-14/h13-15H,2-12H2,1H3,(H,18,22). The fourth-order valence-corrected chi connectivity index (χ4v) is 3.81. The first kappa shape index (κ1) is 16.6. The van der Waals surface area contributed by atoms with E-state index in [1.807, 2.05) is 4.90 Å². The molecule has 0 spiro atoms. The zero-order chi connectivity index (χ0) is 16.2. The second-order valence-corrected chi connectivity index (χ2v) is 7.20. The average molecular weight is 323 g/mol. The van der Waals surface area contributed by atoms with E-state index in [-0.39, 0.29) is 24.0 Å². The molecule has 0 aromatic carbocycles. The number of ether oxygens (including phenoxy) is 1. The molecule has 23 heavy (non-hydrogen) atoms. The Morgan fingerprint density at radius 3 is 2.39 bits per heavy atom. The summed E-state index contributed by atoms with van der Waals surface area (Å²) in [6, 6.07) is -0.148. The van der Waals surface area contributed by atoms with E-state index < -0.39 is 0 Å². The molecule has 1 N–H and O–H groups in total. The highest BCUT2D eigenvalue weighted by Crippen LogP contribution is 2.23. The van der Waals surface area contributed by atoms with Crippen LogP contribution in [-0.2, 0) is 9.53 Å². The number of nitrogens with one attached hydrogen (secondary N) is 1. The van der Waals surface area contributed by atoms with Gasteiger partial charge in [0, 0.05) is 38.9 Å². The van der Waals surface area contributed by atoms with Crippen molar-refractivity contribution in [3.05, 3.63) is 0 Å². The quantitative estimate of drug-likeness (QED) is 0.839. The van der Waals surface area contributed by atoms with Crippen LogP contribution in [0.3, 0.4) is 0 Å². The first-order chi connectivity index (χ1) is 11.1. The Labute approximate surface area is 138 Å². The summed E-state index contributed by atoms with van der Waals surface area (Å²) in [4.78, 5) is 29.1. The van der Waals surface area contributed by atoms with Gasteiger partial charge in [-0.25, -0.2) is 4.79 Å². The van der Waals surface area contributed by atoms with E-state index in [0.717, 1.165) is 51.6 Å². The van der Waals surface area contributed by atoms with E-state index in [0.29, 0.717) is 25.7 Å². The van der Waals surface area contributed by atoms with E-state index in [2.05, 4.69) is 12.2 Å². The number of rotatable bonds is 2. The highest BCUT2D eigenvalue weighted by Gasteiger charge is 2.37. The molecule has 3 aliphatic rings. The largest absolute Gasteiger partial charge is 0.381 e. The molecule has 6 nitrogen and oxygen atoms in total. The van der Waals surface area contributed by atoms with Gasteiger partial charge in [0.1, 0.15) is 6.04 Å². The maximum absolute atomic E-state index is 12.8. The van der Waals surface area contributed by atoms with Crippen molar-refractivity contribution in [2.24, 2.45) is 5.92 Å². The first-order valence-electron chi connectivity index (χ1n) is 9.09. The molecule has 0 aromatic heterocycles. The van der Waals surface area contributed by atoms with Gasteiger partial charge in [0.15, 0.2) is 0 Å². The third kappa shape index (κ3) is 3.97. The zero-order valence-corrected chi connectivity index (χ0v) is 14.1. The molecule has 0 radical (unpaired) electrons. The lowest BCUT2D eigenvalue weighted by Crippen LogP contribution is -2.54. The Hall–Kier alpha value is -1.30. The molecule has 3 rings (SSSR count). The summed E-state index contributed by atoms with van der Waals surface area (Å²) in [6.45, 7) is 6.02. The van der Waals surface area contributed by atoms with Gasteiger partial charge in [-0.3, -0.25) is 4.79 Å². The van der Waals surface area contributed by atoms with Crippen molar-refractivity contribution in [3.63, 3.8) is 0 Å². The number of carbonyl (C=O) groups is 2. The highest BCUT2D eigenvalue weighted by atomic mass is 16.5. The number of piperidine rings is 1. The lowest BCUT2D eigenvalue weighted by Gasteiger charge is -2.35. The van der Waals surface area contributed by atoms with Crippen molar-refractivity contribution in [1.29, 1.82) is 0 Å². The van der Waals surface area contributed by atoms with Gasteiger partial charge in [0.05, 0.1) is 0 Å². The molecule has 0 aromatic rings. The minimum atomic E-state index is -0.261. The zero-order valence-electron chi connectivity index (χ0n) is 14.1. The monoisotopic (exact) mass is 323 g/mol. The van der Waals surface area contributed by atoms with Gasteiger partial charge in [-0.1, -0.05) is 6.92 Å². The van der Waals surface area contributed by atoms with E-state index in [1.54, 1.807) is 4.90 Å². The molecule has 3 saturated heterocycles. The predicted molar refractivity (Wildman–Crippen MR) is 87.1 cm³/mol. The van der Waals surface area contributed by atoms with Crippen molar-refractivity contribution < 1.29 is 14.3 Å². The molecular formula is C17H29N3O3. The number of urea groups is 1. The minimum Gasteiger partial charge on any atom is -0.381 e. The van der Waals surface area contributed by atoms with Gasteiger partial charge in [-0.2, -0.15) is 0 Å². The predicted octanol–water partition coefficient (Wildman–Crippen LogP) is 1.60. The molecule has 0 bridgehead atoms. The Bertz CT molecular complexity index is 429. The summed E-state index contributed by atoms with van der Waals surface area (Å²) in [5.41, 5.74) is 0. The van der Waals surface area contributed by atoms with Crippen LogP contribution in [0.5, 0.6) is 0 Å². The number of nitrogens with zero attached hydrogens (tertiary/aromatic N) is 2. The normalized spacial score (nSPS) is 27.3. The van der Waals surface area contributed by atoms with Gasteiger partial charge < -0.3 is 19.9 Å². The van der Waals surface area contributed by atoms with E-state index in [4.69, 9.17) is 4.74 Å². The number of hydrogen-bond donors (Lipinski definition) is 1. The van der Waals surface area contributed by atoms with Crippen molar-refractivity contribution in [3.8, 4) is 0 Å². The SMILES string of the molecule is CC1CCN(C(=O)C2CCCN2C(=O)NC2CCOCC2)CC1. The first-order valence-corrected chi connectivity index (χ1v) is 9.09. The van der Waals surface area contributed by atoms with Gasteiger partial charge >= 0.3 is 6.03 Å². The molecular weight excluding hydrogens is 294 g/mol. The summed E-state index contributed by atoms with van der Waals surface area (Å²) in [5, 5.41) is 3.09. The number of likely N-dealkylation sites (tertiary alicyclic amines) is 2. The molecule has 3 fully saturated rings. The fraction of sp³-hybridized carbons (Fsp3) is 0.882. The topological polar surface area (TPSA) is 61.9 Å². The molecule has 3 heterocycles. The average Bonchev–Trinajstić information content (AvgIpc) is 3.05. The van der Waals surface area contributed by atoms with E-state index in [9.17, 15) is 9.59 Å². The highest BCUT2D eigenvalue weighted by molar-refractivity contribution is 5.87. The van der Waals surface area contributed by atoms with Crippen LogP contribution in [0.25, 0.3) is 0 Å². The minimum absolute atomic E-state index is 0.0712. The van der Waals surface area contributed by atoms with E-state index >= 15 is 0 Å². The summed E-state index contributed by atoms with van der Waals surface area (Å²) in [6.07, 6.45) is 5.60. The molecule has 6 heteroatoms. The van der Waals surface area contributed by atoms with Crippen LogP contribution in [0.15, 0.2) is 0 Å². The van der Waals surface area contributed by atoms with Crippen LogP contribution >= 0.6 is 0 Å². The van der Waals surface area contributed by atoms with Crippen LogP contribution in [0.2, 0.25) is 0 Å². The molecule has 3 aliphatic heterocycles. The Morgan fingerprint density at radius 1 is 1.00 bits per heavy atom. The van der Waals surface area contributed by atoms with Gasteiger partial charge in [-0.15, -0.1) is 0 Å². The van der Waals surface area contributed by atoms with Crippen LogP contribution in [-0.4, -0.2) is 66.7 Å². The third-order valence-corrected chi connectivity index (χ3v) is 5.44. The smallest absolute Gasteiger partial charge is 0.318 e. The summed E-state index contributed by atoms with van der Waals surface area (Å²) in [7, 11) is 0. The fourth-order valence-electron chi connectivity index (χ4n) is 3.81. The second kappa shape index (κ2) is 7.51. The maximum atomic E-state index is 12.8. The van der Waals surface area contributed by atoms with Crippen molar-refractivity contribution in [2.45, 2.75) is 57.5 Å². The summed E-state index contributed by atoms with van der Waals surface area (Å²) < 4.78 is 5.33. The Balaban J connectivity index is 1.56. The second-order valence-electron chi connectivity index (χ2n) is 7.20. The molecule has 1 unspecified atom stereocenters. The lowest BCUT2D eigenvalue weighted by atomic mass is 9.98. The number of amides is 3. The van der Waals surface area contributed by atoms with Crippen molar-refractivity contribution >= 4 is 11.9 Å². The summed E-state index contributed by atoms with van der Waals surface area (Å²) in [5.74, 6) is 0.854. The van der Waals surface area contributed by atoms with Gasteiger partial charge in [-0.05, 0) is 44.4 Å². The molecule has 1 atom stereocenters. The van der Waals surface area contributed by atoms with Crippen LogP contribution in [0, 0.1) is 5.92 Å². The Kier molecular flexibility index (Phi) is 5.41. The van der Waals surface area contributed by atoms with Gasteiger partial charge in [0.25, 0.3) is 0 Å². The van der Waals surface area contributed by atoms with Crippen LogP contribution in [0.4, 0.5) is 4.79 Å². The third-order valence-electron chi connectivity index (χ3n) is 5.44. The number of carbonyl (C=O) groups excluding carboxylic acids is 2. The maximum Gasteiger partial charge on any atom is 0.318 e. The Morgan fingerprint density at radius 2 is 1.70 bits per heavy atom. The molecule has 0 saturated carbocycles. The summed E-state index contributed by atoms with van der Waals surface area (Å²) >= 11 is 0. The van der Waals surface area contributed by atoms with Crippen LogP contribution < -0.4 is 5.32 Å². The number of hydrogen-bond acceptors (Lipinski definition) is 3. The van der Waals surface area contributed by atoms with Crippen molar-refractivity contribution in [1.82, 2.24) is 15.1 Å². The van der Waals surface area contributed by atoms with Crippen molar-refractivity contribution in [2.75, 3.05) is 32.8 Å². The van der Waals surface area contributed by atoms with Crippen LogP contribution in [0.1, 0.15) is 45.4 Å². The molecule has 0 aliphatic carbocycles.